The number of aliphatic carboxylic acids is 1. The van der Waals surface area contributed by atoms with Crippen molar-refractivity contribution < 1.29 is 19.4 Å². The van der Waals surface area contributed by atoms with Crippen molar-refractivity contribution in [2.45, 2.75) is 73.0 Å². The average Bonchev–Trinajstić information content (AvgIpc) is 2.91. The third-order valence-electron chi connectivity index (χ3n) is 7.54. The van der Waals surface area contributed by atoms with Crippen molar-refractivity contribution in [1.29, 1.82) is 0 Å². The molecule has 0 aliphatic carbocycles. The minimum atomic E-state index is -1.16. The summed E-state index contributed by atoms with van der Waals surface area (Å²) in [5.74, 6) is -0.227. The van der Waals surface area contributed by atoms with Crippen molar-refractivity contribution in [2.24, 2.45) is 5.41 Å². The number of hydrogen-bond donors (Lipinski definition) is 2. The number of carboxylic acid groups (broad SMARTS) is 1. The van der Waals surface area contributed by atoms with Crippen LogP contribution in [0.3, 0.4) is 0 Å². The number of pyridine rings is 2. The predicted molar refractivity (Wildman–Crippen MR) is 169 cm³/mol. The first-order valence-electron chi connectivity index (χ1n) is 14.5. The van der Waals surface area contributed by atoms with Gasteiger partial charge in [0, 0.05) is 47.7 Å². The Balaban J connectivity index is 1.61. The van der Waals surface area contributed by atoms with Gasteiger partial charge >= 0.3 is 5.97 Å². The Hall–Kier alpha value is -3.36. The molecule has 0 unspecified atom stereocenters. The van der Waals surface area contributed by atoms with Crippen molar-refractivity contribution in [3.8, 4) is 17.0 Å². The normalized spacial score (nSPS) is 15.8. The second-order valence-corrected chi connectivity index (χ2v) is 13.2. The number of anilines is 2. The van der Waals surface area contributed by atoms with E-state index < -0.39 is 17.7 Å². The van der Waals surface area contributed by atoms with Gasteiger partial charge in [0.1, 0.15) is 12.4 Å². The molecule has 1 aliphatic rings. The Bertz CT molecular complexity index is 1390. The summed E-state index contributed by atoms with van der Waals surface area (Å²) in [6.45, 7) is 16.7. The van der Waals surface area contributed by atoms with E-state index in [9.17, 15) is 9.90 Å². The number of hydrogen-bond acceptors (Lipinski definition) is 7. The Morgan fingerprint density at radius 3 is 2.43 bits per heavy atom. The fourth-order valence-corrected chi connectivity index (χ4v) is 5.39. The predicted octanol–water partition coefficient (Wildman–Crippen LogP) is 7.47. The molecule has 1 aromatic carbocycles. The van der Waals surface area contributed by atoms with Crippen LogP contribution in [0, 0.1) is 19.3 Å². The lowest BCUT2D eigenvalue weighted by Gasteiger charge is -2.40. The highest BCUT2D eigenvalue weighted by Gasteiger charge is 2.36. The fraction of sp³-hybridized carbons (Fsp3) is 0.485. The summed E-state index contributed by atoms with van der Waals surface area (Å²) in [7, 11) is 0. The number of aromatic nitrogens is 2. The molecule has 1 atom stereocenters. The van der Waals surface area contributed by atoms with E-state index in [4.69, 9.17) is 26.1 Å². The van der Waals surface area contributed by atoms with Gasteiger partial charge in [-0.25, -0.2) is 4.79 Å². The zero-order valence-corrected chi connectivity index (χ0v) is 26.5. The number of ether oxygens (including phenoxy) is 2. The van der Waals surface area contributed by atoms with E-state index in [2.05, 4.69) is 29.0 Å². The maximum Gasteiger partial charge on any atom is 0.337 e. The summed E-state index contributed by atoms with van der Waals surface area (Å²) in [6, 6.07) is 9.49. The lowest BCUT2D eigenvalue weighted by Crippen LogP contribution is -2.39. The molecule has 3 aromatic rings. The van der Waals surface area contributed by atoms with Gasteiger partial charge in [-0.3, -0.25) is 9.97 Å². The number of halogens is 1. The number of carbonyl (C=O) groups is 1. The molecule has 42 heavy (non-hydrogen) atoms. The van der Waals surface area contributed by atoms with Crippen LogP contribution in [0.4, 0.5) is 11.4 Å². The maximum absolute atomic E-state index is 12.6. The van der Waals surface area contributed by atoms with Gasteiger partial charge in [0.15, 0.2) is 6.10 Å². The van der Waals surface area contributed by atoms with Crippen LogP contribution in [0.25, 0.3) is 11.3 Å². The SMILES string of the molecule is Cc1cc(Cl)ccc1OCCNc1ccc(-c2cnc(C)c([C@H](OC(C)(C)C)C(=O)O)c2N2CCC(C)(C)CC2)nc1. The zero-order chi connectivity index (χ0) is 30.7. The molecule has 8 nitrogen and oxygen atoms in total. The van der Waals surface area contributed by atoms with Gasteiger partial charge in [-0.2, -0.15) is 0 Å². The number of benzene rings is 1. The largest absolute Gasteiger partial charge is 0.491 e. The van der Waals surface area contributed by atoms with E-state index in [1.807, 2.05) is 71.1 Å². The Morgan fingerprint density at radius 1 is 1.12 bits per heavy atom. The summed E-state index contributed by atoms with van der Waals surface area (Å²) < 4.78 is 12.0. The molecular weight excluding hydrogens is 552 g/mol. The molecule has 2 aromatic heterocycles. The lowest BCUT2D eigenvalue weighted by molar-refractivity contribution is -0.160. The van der Waals surface area contributed by atoms with Crippen molar-refractivity contribution in [1.82, 2.24) is 9.97 Å². The molecule has 1 fully saturated rings. The average molecular weight is 595 g/mol. The topological polar surface area (TPSA) is 96.8 Å². The minimum absolute atomic E-state index is 0.231. The van der Waals surface area contributed by atoms with Crippen LogP contribution in [0.1, 0.15) is 70.4 Å². The van der Waals surface area contributed by atoms with Crippen LogP contribution >= 0.6 is 11.6 Å². The highest BCUT2D eigenvalue weighted by molar-refractivity contribution is 6.30. The Kier molecular flexibility index (Phi) is 9.68. The first kappa shape index (κ1) is 31.6. The smallest absolute Gasteiger partial charge is 0.337 e. The van der Waals surface area contributed by atoms with E-state index in [1.54, 1.807) is 6.20 Å². The third kappa shape index (κ3) is 7.92. The number of nitrogens with zero attached hydrogens (tertiary/aromatic N) is 3. The molecule has 226 valence electrons. The molecule has 4 rings (SSSR count). The molecule has 1 aliphatic heterocycles. The Morgan fingerprint density at radius 2 is 1.83 bits per heavy atom. The first-order valence-corrected chi connectivity index (χ1v) is 14.9. The summed E-state index contributed by atoms with van der Waals surface area (Å²) in [5, 5.41) is 14.4. The minimum Gasteiger partial charge on any atom is -0.491 e. The third-order valence-corrected chi connectivity index (χ3v) is 7.78. The number of rotatable bonds is 10. The number of piperidine rings is 1. The molecule has 0 saturated carbocycles. The van der Waals surface area contributed by atoms with Crippen LogP contribution in [-0.4, -0.2) is 52.9 Å². The van der Waals surface area contributed by atoms with Crippen molar-refractivity contribution in [3.63, 3.8) is 0 Å². The molecule has 3 heterocycles. The Labute approximate surface area is 254 Å². The molecule has 0 bridgehead atoms. The van der Waals surface area contributed by atoms with E-state index in [-0.39, 0.29) is 5.41 Å². The highest BCUT2D eigenvalue weighted by atomic mass is 35.5. The van der Waals surface area contributed by atoms with Gasteiger partial charge in [0.25, 0.3) is 0 Å². The van der Waals surface area contributed by atoms with Crippen LogP contribution < -0.4 is 15.0 Å². The molecule has 0 spiro atoms. The van der Waals surface area contributed by atoms with Crippen LogP contribution in [0.5, 0.6) is 5.75 Å². The van der Waals surface area contributed by atoms with Gasteiger partial charge in [0.05, 0.1) is 28.9 Å². The van der Waals surface area contributed by atoms with Crippen molar-refractivity contribution in [3.05, 3.63) is 64.6 Å². The zero-order valence-electron chi connectivity index (χ0n) is 25.8. The quantitative estimate of drug-likeness (QED) is 0.233. The van der Waals surface area contributed by atoms with Gasteiger partial charge in [0.2, 0.25) is 0 Å². The van der Waals surface area contributed by atoms with Gasteiger partial charge < -0.3 is 24.8 Å². The molecular formula is C33H43ClN4O4. The van der Waals surface area contributed by atoms with Gasteiger partial charge in [-0.05, 0) is 88.8 Å². The lowest BCUT2D eigenvalue weighted by atomic mass is 9.82. The monoisotopic (exact) mass is 594 g/mol. The summed E-state index contributed by atoms with van der Waals surface area (Å²) >= 11 is 6.04. The van der Waals surface area contributed by atoms with Crippen LogP contribution in [0.15, 0.2) is 42.7 Å². The number of nitrogens with one attached hydrogen (secondary N) is 1. The van der Waals surface area contributed by atoms with Crippen LogP contribution in [0.2, 0.25) is 5.02 Å². The molecule has 0 radical (unpaired) electrons. The molecule has 0 amide bonds. The molecule has 1 saturated heterocycles. The summed E-state index contributed by atoms with van der Waals surface area (Å²) in [5.41, 5.74) is 5.02. The molecule has 9 heteroatoms. The van der Waals surface area contributed by atoms with E-state index in [0.29, 0.717) is 29.4 Å². The fourth-order valence-electron chi connectivity index (χ4n) is 5.16. The van der Waals surface area contributed by atoms with Gasteiger partial charge in [-0.15, -0.1) is 0 Å². The standard InChI is InChI=1S/C33H43ClN4O4/c1-21-18-23(34)8-11-27(21)41-17-14-35-24-9-10-26(37-19-24)25-20-36-22(2)28(30(31(39)40)42-32(3,4)5)29(25)38-15-12-33(6,7)13-16-38/h8-11,18-20,30,35H,12-17H2,1-7H3,(H,39,40)/t30-/m0/s1. The van der Waals surface area contributed by atoms with E-state index in [0.717, 1.165) is 59.9 Å². The number of aryl methyl sites for hydroxylation is 2. The van der Waals surface area contributed by atoms with Crippen molar-refractivity contribution >= 4 is 28.9 Å². The van der Waals surface area contributed by atoms with Crippen molar-refractivity contribution in [2.75, 3.05) is 36.5 Å². The van der Waals surface area contributed by atoms with E-state index in [1.165, 1.54) is 0 Å². The maximum atomic E-state index is 12.6. The van der Waals surface area contributed by atoms with E-state index >= 15 is 0 Å². The molecule has 2 N–H and O–H groups in total. The number of carboxylic acids is 1. The first-order chi connectivity index (χ1) is 19.7. The second-order valence-electron chi connectivity index (χ2n) is 12.7. The second kappa shape index (κ2) is 12.9. The highest BCUT2D eigenvalue weighted by Crippen LogP contribution is 2.43. The summed E-state index contributed by atoms with van der Waals surface area (Å²) in [4.78, 5) is 24.3. The van der Waals surface area contributed by atoms with Gasteiger partial charge in [-0.1, -0.05) is 25.4 Å². The van der Waals surface area contributed by atoms with Crippen LogP contribution in [-0.2, 0) is 9.53 Å². The summed E-state index contributed by atoms with van der Waals surface area (Å²) in [6.07, 6.45) is 4.43.